The molecule has 0 fully saturated rings. The molecule has 0 amide bonds. The summed E-state index contributed by atoms with van der Waals surface area (Å²) in [5, 5.41) is 9.71. The van der Waals surface area contributed by atoms with E-state index >= 15 is 0 Å². The Balaban J connectivity index is 3.91. The van der Waals surface area contributed by atoms with Crippen LogP contribution in [0.1, 0.15) is 27.7 Å². The van der Waals surface area contributed by atoms with E-state index in [1.807, 2.05) is 27.7 Å². The molecule has 2 unspecified atom stereocenters. The summed E-state index contributed by atoms with van der Waals surface area (Å²) in [6.07, 6.45) is -0.289. The molecular formula is C9H20O2. The molecule has 0 aliphatic carbocycles. The number of hydrogen-bond donors (Lipinski definition) is 1. The average Bonchev–Trinajstić information content (AvgIpc) is 1.85. The first-order valence-corrected chi connectivity index (χ1v) is 4.06. The van der Waals surface area contributed by atoms with Gasteiger partial charge in [-0.2, -0.15) is 0 Å². The third-order valence-electron chi connectivity index (χ3n) is 1.86. The second-order valence-corrected chi connectivity index (χ2v) is 4.24. The van der Waals surface area contributed by atoms with Crippen molar-refractivity contribution in [3.63, 3.8) is 0 Å². The van der Waals surface area contributed by atoms with E-state index in [0.717, 1.165) is 0 Å². The zero-order chi connectivity index (χ0) is 9.07. The van der Waals surface area contributed by atoms with Crippen molar-refractivity contribution in [2.45, 2.75) is 33.8 Å². The van der Waals surface area contributed by atoms with E-state index in [1.54, 1.807) is 7.11 Å². The van der Waals surface area contributed by atoms with Gasteiger partial charge in [0.1, 0.15) is 0 Å². The van der Waals surface area contributed by atoms with Crippen molar-refractivity contribution < 1.29 is 9.84 Å². The fourth-order valence-corrected chi connectivity index (χ4v) is 1.21. The van der Waals surface area contributed by atoms with Gasteiger partial charge < -0.3 is 9.84 Å². The van der Waals surface area contributed by atoms with Gasteiger partial charge in [0.05, 0.1) is 12.7 Å². The van der Waals surface area contributed by atoms with E-state index in [-0.39, 0.29) is 17.4 Å². The molecule has 0 rings (SSSR count). The summed E-state index contributed by atoms with van der Waals surface area (Å²) >= 11 is 0. The molecular weight excluding hydrogens is 140 g/mol. The van der Waals surface area contributed by atoms with Gasteiger partial charge in [0.2, 0.25) is 0 Å². The minimum absolute atomic E-state index is 0.0437. The van der Waals surface area contributed by atoms with Crippen LogP contribution in [-0.4, -0.2) is 24.9 Å². The van der Waals surface area contributed by atoms with Crippen LogP contribution in [0.5, 0.6) is 0 Å². The highest BCUT2D eigenvalue weighted by Crippen LogP contribution is 2.24. The molecule has 0 saturated heterocycles. The van der Waals surface area contributed by atoms with Crippen molar-refractivity contribution in [3.8, 4) is 0 Å². The summed E-state index contributed by atoms with van der Waals surface area (Å²) in [4.78, 5) is 0. The lowest BCUT2D eigenvalue weighted by Gasteiger charge is -2.30. The van der Waals surface area contributed by atoms with Crippen LogP contribution in [0.3, 0.4) is 0 Å². The van der Waals surface area contributed by atoms with E-state index in [1.165, 1.54) is 0 Å². The Bertz CT molecular complexity index is 105. The Morgan fingerprint density at radius 3 is 2.09 bits per heavy atom. The molecule has 0 aromatic rings. The molecule has 2 nitrogen and oxygen atoms in total. The van der Waals surface area contributed by atoms with E-state index < -0.39 is 0 Å². The predicted octanol–water partition coefficient (Wildman–Crippen LogP) is 1.68. The molecule has 0 heterocycles. The summed E-state index contributed by atoms with van der Waals surface area (Å²) in [5.74, 6) is 0.208. The number of aliphatic hydroxyl groups is 1. The summed E-state index contributed by atoms with van der Waals surface area (Å²) < 4.78 is 4.96. The molecule has 1 N–H and O–H groups in total. The second kappa shape index (κ2) is 4.07. The molecule has 0 bridgehead atoms. The molecule has 0 aromatic heterocycles. The van der Waals surface area contributed by atoms with Crippen molar-refractivity contribution in [3.05, 3.63) is 0 Å². The number of ether oxygens (including phenoxy) is 1. The van der Waals surface area contributed by atoms with E-state index in [0.29, 0.717) is 6.61 Å². The molecule has 2 heteroatoms. The van der Waals surface area contributed by atoms with Gasteiger partial charge in [-0.15, -0.1) is 0 Å². The maximum Gasteiger partial charge on any atom is 0.0635 e. The van der Waals surface area contributed by atoms with Gasteiger partial charge in [-0.3, -0.25) is 0 Å². The SMILES string of the molecule is COCC(C)C(O)C(C)(C)C. The predicted molar refractivity (Wildman–Crippen MR) is 46.5 cm³/mol. The van der Waals surface area contributed by atoms with Crippen LogP contribution >= 0.6 is 0 Å². The zero-order valence-electron chi connectivity index (χ0n) is 8.22. The molecule has 0 radical (unpaired) electrons. The number of aliphatic hydroxyl groups excluding tert-OH is 1. The average molecular weight is 160 g/mol. The van der Waals surface area contributed by atoms with E-state index in [4.69, 9.17) is 4.74 Å². The first-order valence-electron chi connectivity index (χ1n) is 4.06. The maximum absolute atomic E-state index is 9.71. The Kier molecular flexibility index (Phi) is 4.04. The molecule has 68 valence electrons. The largest absolute Gasteiger partial charge is 0.392 e. The van der Waals surface area contributed by atoms with Crippen LogP contribution in [0.2, 0.25) is 0 Å². The van der Waals surface area contributed by atoms with Gasteiger partial charge in [0.15, 0.2) is 0 Å². The first-order chi connectivity index (χ1) is 4.89. The van der Waals surface area contributed by atoms with Gasteiger partial charge in [-0.1, -0.05) is 27.7 Å². The van der Waals surface area contributed by atoms with Gasteiger partial charge >= 0.3 is 0 Å². The fourth-order valence-electron chi connectivity index (χ4n) is 1.21. The van der Waals surface area contributed by atoms with Gasteiger partial charge in [-0.25, -0.2) is 0 Å². The quantitative estimate of drug-likeness (QED) is 0.680. The van der Waals surface area contributed by atoms with Crippen molar-refractivity contribution >= 4 is 0 Å². The van der Waals surface area contributed by atoms with E-state index in [9.17, 15) is 5.11 Å². The van der Waals surface area contributed by atoms with Crippen LogP contribution in [0.4, 0.5) is 0 Å². The van der Waals surface area contributed by atoms with Crippen LogP contribution < -0.4 is 0 Å². The summed E-state index contributed by atoms with van der Waals surface area (Å²) in [6, 6.07) is 0. The minimum atomic E-state index is -0.289. The molecule has 0 aliphatic rings. The van der Waals surface area contributed by atoms with Crippen LogP contribution in [-0.2, 0) is 4.74 Å². The lowest BCUT2D eigenvalue weighted by Crippen LogP contribution is -2.34. The summed E-state index contributed by atoms with van der Waals surface area (Å²) in [5.41, 5.74) is -0.0437. The third-order valence-corrected chi connectivity index (χ3v) is 1.86. The highest BCUT2D eigenvalue weighted by Gasteiger charge is 2.27. The third kappa shape index (κ3) is 3.73. The second-order valence-electron chi connectivity index (χ2n) is 4.24. The van der Waals surface area contributed by atoms with Crippen molar-refractivity contribution in [1.29, 1.82) is 0 Å². The lowest BCUT2D eigenvalue weighted by atomic mass is 9.82. The topological polar surface area (TPSA) is 29.5 Å². The van der Waals surface area contributed by atoms with Gasteiger partial charge in [-0.05, 0) is 5.41 Å². The smallest absolute Gasteiger partial charge is 0.0635 e. The standard InChI is InChI=1S/C9H20O2/c1-7(6-11-5)8(10)9(2,3)4/h7-8,10H,6H2,1-5H3. The van der Waals surface area contributed by atoms with Crippen molar-refractivity contribution in [1.82, 2.24) is 0 Å². The van der Waals surface area contributed by atoms with Crippen LogP contribution in [0.15, 0.2) is 0 Å². The van der Waals surface area contributed by atoms with Gasteiger partial charge in [0.25, 0.3) is 0 Å². The molecule has 0 aromatic carbocycles. The van der Waals surface area contributed by atoms with Gasteiger partial charge in [0, 0.05) is 13.0 Å². The molecule has 11 heavy (non-hydrogen) atoms. The lowest BCUT2D eigenvalue weighted by molar-refractivity contribution is -0.0112. The minimum Gasteiger partial charge on any atom is -0.392 e. The number of hydrogen-bond acceptors (Lipinski definition) is 2. The Labute approximate surface area is 69.6 Å². The normalized spacial score (nSPS) is 18.0. The van der Waals surface area contributed by atoms with Crippen molar-refractivity contribution in [2.24, 2.45) is 11.3 Å². The Morgan fingerprint density at radius 1 is 1.36 bits per heavy atom. The summed E-state index contributed by atoms with van der Waals surface area (Å²) in [7, 11) is 1.66. The highest BCUT2D eigenvalue weighted by atomic mass is 16.5. The van der Waals surface area contributed by atoms with Crippen molar-refractivity contribution in [2.75, 3.05) is 13.7 Å². The zero-order valence-corrected chi connectivity index (χ0v) is 8.22. The Hall–Kier alpha value is -0.0800. The van der Waals surface area contributed by atoms with Crippen LogP contribution in [0, 0.1) is 11.3 Å². The summed E-state index contributed by atoms with van der Waals surface area (Å²) in [6.45, 7) is 8.72. The fraction of sp³-hybridized carbons (Fsp3) is 1.00. The Morgan fingerprint density at radius 2 is 1.82 bits per heavy atom. The number of methoxy groups -OCH3 is 1. The monoisotopic (exact) mass is 160 g/mol. The molecule has 0 aliphatic heterocycles. The molecule has 0 saturated carbocycles. The molecule has 0 spiro atoms. The number of rotatable bonds is 3. The maximum atomic E-state index is 9.71. The highest BCUT2D eigenvalue weighted by molar-refractivity contribution is 4.76. The first kappa shape index (κ1) is 10.9. The molecule has 2 atom stereocenters. The van der Waals surface area contributed by atoms with E-state index in [2.05, 4.69) is 0 Å². The van der Waals surface area contributed by atoms with Crippen LogP contribution in [0.25, 0.3) is 0 Å².